The van der Waals surface area contributed by atoms with E-state index < -0.39 is 0 Å². The second-order valence-corrected chi connectivity index (χ2v) is 5.58. The van der Waals surface area contributed by atoms with Gasteiger partial charge in [-0.3, -0.25) is 9.69 Å². The zero-order valence-electron chi connectivity index (χ0n) is 12.5. The topological polar surface area (TPSA) is 95.0 Å². The van der Waals surface area contributed by atoms with E-state index in [0.29, 0.717) is 17.9 Å². The molecule has 2 rings (SSSR count). The minimum Gasteiger partial charge on any atom is -0.369 e. The monoisotopic (exact) mass is 287 g/mol. The Morgan fingerprint density at radius 3 is 2.76 bits per heavy atom. The SMILES string of the molecule is Cc1cc(C)c(C#N)c(NC2CCN(CC(N)=O)CC2)n1. The summed E-state index contributed by atoms with van der Waals surface area (Å²) in [5.74, 6) is 0.382. The van der Waals surface area contributed by atoms with Crippen LogP contribution in [0.15, 0.2) is 6.07 Å². The van der Waals surface area contributed by atoms with Gasteiger partial charge in [0.05, 0.1) is 12.1 Å². The summed E-state index contributed by atoms with van der Waals surface area (Å²) < 4.78 is 0. The highest BCUT2D eigenvalue weighted by Crippen LogP contribution is 2.21. The Morgan fingerprint density at radius 2 is 2.19 bits per heavy atom. The minimum absolute atomic E-state index is 0.273. The molecule has 0 aliphatic carbocycles. The number of likely N-dealkylation sites (tertiary alicyclic amines) is 1. The van der Waals surface area contributed by atoms with E-state index in [-0.39, 0.29) is 11.9 Å². The molecule has 1 fully saturated rings. The van der Waals surface area contributed by atoms with Gasteiger partial charge in [0.1, 0.15) is 11.9 Å². The maximum Gasteiger partial charge on any atom is 0.231 e. The molecule has 2 heterocycles. The molecule has 1 aromatic rings. The molecule has 0 aromatic carbocycles. The van der Waals surface area contributed by atoms with E-state index in [2.05, 4.69) is 21.3 Å². The Hall–Kier alpha value is -2.13. The van der Waals surface area contributed by atoms with Crippen molar-refractivity contribution in [1.82, 2.24) is 9.88 Å². The number of nitrogens with two attached hydrogens (primary N) is 1. The molecular weight excluding hydrogens is 266 g/mol. The average Bonchev–Trinajstić information content (AvgIpc) is 2.40. The number of hydrogen-bond donors (Lipinski definition) is 2. The van der Waals surface area contributed by atoms with Gasteiger partial charge < -0.3 is 11.1 Å². The summed E-state index contributed by atoms with van der Waals surface area (Å²) in [7, 11) is 0. The molecule has 1 aromatic heterocycles. The van der Waals surface area contributed by atoms with Gasteiger partial charge in [0.15, 0.2) is 0 Å². The molecule has 0 atom stereocenters. The summed E-state index contributed by atoms with van der Waals surface area (Å²) in [6.45, 7) is 5.82. The molecule has 0 bridgehead atoms. The fourth-order valence-electron chi connectivity index (χ4n) is 2.73. The van der Waals surface area contributed by atoms with Crippen LogP contribution in [0.2, 0.25) is 0 Å². The number of nitrogens with zero attached hydrogens (tertiary/aromatic N) is 3. The first-order valence-corrected chi connectivity index (χ1v) is 7.15. The average molecular weight is 287 g/mol. The van der Waals surface area contributed by atoms with Crippen LogP contribution in [0.4, 0.5) is 5.82 Å². The number of piperidine rings is 1. The number of hydrogen-bond acceptors (Lipinski definition) is 5. The number of aryl methyl sites for hydroxylation is 2. The molecule has 21 heavy (non-hydrogen) atoms. The number of aromatic nitrogens is 1. The minimum atomic E-state index is -0.288. The first kappa shape index (κ1) is 15.3. The number of carbonyl (C=O) groups excluding carboxylic acids is 1. The number of primary amides is 1. The zero-order chi connectivity index (χ0) is 15.4. The predicted octanol–water partition coefficient (Wildman–Crippen LogP) is 0.932. The van der Waals surface area contributed by atoms with Crippen molar-refractivity contribution < 1.29 is 4.79 Å². The Balaban J connectivity index is 2.01. The molecule has 3 N–H and O–H groups in total. The first-order valence-electron chi connectivity index (χ1n) is 7.15. The second-order valence-electron chi connectivity index (χ2n) is 5.58. The molecule has 0 saturated carbocycles. The summed E-state index contributed by atoms with van der Waals surface area (Å²) in [6.07, 6.45) is 1.82. The van der Waals surface area contributed by atoms with Gasteiger partial charge in [-0.2, -0.15) is 5.26 Å². The number of carbonyl (C=O) groups is 1. The molecule has 6 nitrogen and oxygen atoms in total. The molecular formula is C15H21N5O. The summed E-state index contributed by atoms with van der Waals surface area (Å²) in [5.41, 5.74) is 7.67. The molecule has 1 aliphatic heterocycles. The lowest BCUT2D eigenvalue weighted by Crippen LogP contribution is -2.43. The summed E-state index contributed by atoms with van der Waals surface area (Å²) >= 11 is 0. The van der Waals surface area contributed by atoms with E-state index in [1.807, 2.05) is 19.9 Å². The van der Waals surface area contributed by atoms with Crippen molar-refractivity contribution in [2.75, 3.05) is 25.0 Å². The summed E-state index contributed by atoms with van der Waals surface area (Å²) in [5, 5.41) is 12.7. The predicted molar refractivity (Wildman–Crippen MR) is 80.7 cm³/mol. The van der Waals surface area contributed by atoms with Gasteiger partial charge in [-0.05, 0) is 38.3 Å². The number of amides is 1. The molecule has 6 heteroatoms. The van der Waals surface area contributed by atoms with Crippen molar-refractivity contribution in [2.45, 2.75) is 32.7 Å². The van der Waals surface area contributed by atoms with Crippen LogP contribution < -0.4 is 11.1 Å². The third-order valence-electron chi connectivity index (χ3n) is 3.76. The van der Waals surface area contributed by atoms with E-state index in [1.54, 1.807) is 0 Å². The number of anilines is 1. The van der Waals surface area contributed by atoms with Crippen LogP contribution in [0, 0.1) is 25.2 Å². The quantitative estimate of drug-likeness (QED) is 0.859. The van der Waals surface area contributed by atoms with Crippen molar-refractivity contribution in [1.29, 1.82) is 5.26 Å². The van der Waals surface area contributed by atoms with E-state index >= 15 is 0 Å². The highest BCUT2D eigenvalue weighted by Gasteiger charge is 2.21. The van der Waals surface area contributed by atoms with Gasteiger partial charge >= 0.3 is 0 Å². The molecule has 1 amide bonds. The molecule has 0 spiro atoms. The number of pyridine rings is 1. The van der Waals surface area contributed by atoms with Crippen LogP contribution in [0.25, 0.3) is 0 Å². The molecule has 1 aliphatic rings. The highest BCUT2D eigenvalue weighted by molar-refractivity contribution is 5.75. The van der Waals surface area contributed by atoms with Crippen LogP contribution in [0.5, 0.6) is 0 Å². The number of rotatable bonds is 4. The lowest BCUT2D eigenvalue weighted by Gasteiger charge is -2.32. The highest BCUT2D eigenvalue weighted by atomic mass is 16.1. The van der Waals surface area contributed by atoms with Crippen LogP contribution >= 0.6 is 0 Å². The van der Waals surface area contributed by atoms with Crippen LogP contribution in [-0.2, 0) is 4.79 Å². The van der Waals surface area contributed by atoms with E-state index in [9.17, 15) is 10.1 Å². The van der Waals surface area contributed by atoms with Gasteiger partial charge in [0.2, 0.25) is 5.91 Å². The second kappa shape index (κ2) is 6.55. The van der Waals surface area contributed by atoms with Crippen LogP contribution in [0.3, 0.4) is 0 Å². The maximum atomic E-state index is 10.9. The first-order chi connectivity index (χ1) is 9.99. The van der Waals surface area contributed by atoms with Crippen molar-refractivity contribution in [3.05, 3.63) is 22.9 Å². The van der Waals surface area contributed by atoms with Crippen molar-refractivity contribution in [2.24, 2.45) is 5.73 Å². The summed E-state index contributed by atoms with van der Waals surface area (Å²) in [4.78, 5) is 17.4. The Bertz CT molecular complexity index is 570. The van der Waals surface area contributed by atoms with Gasteiger partial charge in [-0.1, -0.05) is 0 Å². The molecule has 1 saturated heterocycles. The van der Waals surface area contributed by atoms with E-state index in [0.717, 1.165) is 37.2 Å². The van der Waals surface area contributed by atoms with Gasteiger partial charge in [0.25, 0.3) is 0 Å². The lowest BCUT2D eigenvalue weighted by molar-refractivity contribution is -0.119. The van der Waals surface area contributed by atoms with E-state index in [1.165, 1.54) is 0 Å². The number of nitriles is 1. The smallest absolute Gasteiger partial charge is 0.231 e. The van der Waals surface area contributed by atoms with Crippen molar-refractivity contribution in [3.63, 3.8) is 0 Å². The van der Waals surface area contributed by atoms with E-state index in [4.69, 9.17) is 5.73 Å². The largest absolute Gasteiger partial charge is 0.369 e. The summed E-state index contributed by atoms with van der Waals surface area (Å²) in [6, 6.07) is 4.41. The number of nitrogens with one attached hydrogen (secondary N) is 1. The molecule has 112 valence electrons. The van der Waals surface area contributed by atoms with Gasteiger partial charge in [0, 0.05) is 24.8 Å². The van der Waals surface area contributed by atoms with Crippen LogP contribution in [-0.4, -0.2) is 41.5 Å². The lowest BCUT2D eigenvalue weighted by atomic mass is 10.0. The Morgan fingerprint density at radius 1 is 1.52 bits per heavy atom. The molecule has 0 unspecified atom stereocenters. The third-order valence-corrected chi connectivity index (χ3v) is 3.76. The Labute approximate surface area is 124 Å². The standard InChI is InChI=1S/C15H21N5O/c1-10-7-11(2)18-15(13(10)8-16)19-12-3-5-20(6-4-12)9-14(17)21/h7,12H,3-6,9H2,1-2H3,(H2,17,21)(H,18,19). The van der Waals surface area contributed by atoms with Crippen molar-refractivity contribution >= 4 is 11.7 Å². The van der Waals surface area contributed by atoms with Crippen LogP contribution in [0.1, 0.15) is 29.7 Å². The van der Waals surface area contributed by atoms with Gasteiger partial charge in [-0.25, -0.2) is 4.98 Å². The maximum absolute atomic E-state index is 10.9. The van der Waals surface area contributed by atoms with Crippen molar-refractivity contribution in [3.8, 4) is 6.07 Å². The normalized spacial score (nSPS) is 16.4. The zero-order valence-corrected chi connectivity index (χ0v) is 12.5. The fraction of sp³-hybridized carbons (Fsp3) is 0.533. The molecule has 0 radical (unpaired) electrons. The fourth-order valence-corrected chi connectivity index (χ4v) is 2.73. The Kier molecular flexibility index (Phi) is 4.76. The third kappa shape index (κ3) is 3.92. The van der Waals surface area contributed by atoms with Gasteiger partial charge in [-0.15, -0.1) is 0 Å².